The summed E-state index contributed by atoms with van der Waals surface area (Å²) in [6, 6.07) is 0. The summed E-state index contributed by atoms with van der Waals surface area (Å²) in [5.74, 6) is -2.34. The predicted molar refractivity (Wildman–Crippen MR) is 34.1 cm³/mol. The molecule has 10 heavy (non-hydrogen) atoms. The minimum atomic E-state index is -2.34. The van der Waals surface area contributed by atoms with Crippen LogP contribution in [0.3, 0.4) is 0 Å². The van der Waals surface area contributed by atoms with Crippen molar-refractivity contribution in [2.75, 3.05) is 20.1 Å². The lowest BCUT2D eigenvalue weighted by Crippen LogP contribution is -2.17. The van der Waals surface area contributed by atoms with Crippen molar-refractivity contribution in [3.8, 4) is 0 Å². The summed E-state index contributed by atoms with van der Waals surface area (Å²) >= 11 is 0. The third kappa shape index (κ3) is 0.641. The molecule has 1 aliphatic heterocycles. The number of rotatable bonds is 0. The van der Waals surface area contributed by atoms with Crippen LogP contribution in [0.25, 0.3) is 0 Å². The van der Waals surface area contributed by atoms with Crippen molar-refractivity contribution in [1.82, 2.24) is 4.90 Å². The van der Waals surface area contributed by atoms with E-state index in [9.17, 15) is 8.78 Å². The summed E-state index contributed by atoms with van der Waals surface area (Å²) in [6.07, 6.45) is 0.820. The largest absolute Gasteiger partial charge is 0.306 e. The molecule has 1 spiro atoms. The van der Waals surface area contributed by atoms with Gasteiger partial charge in [0, 0.05) is 13.0 Å². The van der Waals surface area contributed by atoms with Crippen LogP contribution in [-0.4, -0.2) is 31.0 Å². The molecule has 1 atom stereocenters. The van der Waals surface area contributed by atoms with E-state index in [0.717, 1.165) is 6.54 Å². The maximum atomic E-state index is 12.6. The average molecular weight is 147 g/mol. The SMILES string of the molecule is CN1CC[C@]2(C1)CC2(F)F. The molecule has 1 nitrogen and oxygen atoms in total. The van der Waals surface area contributed by atoms with Gasteiger partial charge in [0.2, 0.25) is 0 Å². The molecular formula is C7H11F2N. The number of likely N-dealkylation sites (tertiary alicyclic amines) is 1. The zero-order valence-corrected chi connectivity index (χ0v) is 6.03. The summed E-state index contributed by atoms with van der Waals surface area (Å²) in [4.78, 5) is 1.99. The van der Waals surface area contributed by atoms with Crippen molar-refractivity contribution in [1.29, 1.82) is 0 Å². The fraction of sp³-hybridized carbons (Fsp3) is 1.00. The van der Waals surface area contributed by atoms with Crippen LogP contribution < -0.4 is 0 Å². The van der Waals surface area contributed by atoms with Crippen LogP contribution in [0, 0.1) is 5.41 Å². The highest BCUT2D eigenvalue weighted by atomic mass is 19.3. The molecule has 0 amide bonds. The van der Waals surface area contributed by atoms with Crippen LogP contribution in [0.2, 0.25) is 0 Å². The van der Waals surface area contributed by atoms with E-state index in [1.54, 1.807) is 0 Å². The molecule has 0 N–H and O–H groups in total. The molecule has 1 saturated heterocycles. The van der Waals surface area contributed by atoms with E-state index in [2.05, 4.69) is 0 Å². The van der Waals surface area contributed by atoms with Gasteiger partial charge in [-0.15, -0.1) is 0 Å². The molecule has 2 rings (SSSR count). The number of nitrogens with zero attached hydrogens (tertiary/aromatic N) is 1. The Morgan fingerprint density at radius 2 is 2.00 bits per heavy atom. The molecule has 0 bridgehead atoms. The summed E-state index contributed by atoms with van der Waals surface area (Å²) in [5.41, 5.74) is -0.595. The Morgan fingerprint density at radius 1 is 1.40 bits per heavy atom. The summed E-state index contributed by atoms with van der Waals surface area (Å²) in [6.45, 7) is 1.44. The molecule has 0 aromatic rings. The second kappa shape index (κ2) is 1.52. The molecule has 2 aliphatic rings. The van der Waals surface area contributed by atoms with Gasteiger partial charge >= 0.3 is 0 Å². The first-order valence-corrected chi connectivity index (χ1v) is 3.62. The zero-order chi connectivity index (χ0) is 7.41. The molecule has 2 fully saturated rings. The van der Waals surface area contributed by atoms with Gasteiger partial charge in [-0.05, 0) is 20.0 Å². The van der Waals surface area contributed by atoms with Gasteiger partial charge in [0.05, 0.1) is 5.41 Å². The van der Waals surface area contributed by atoms with Gasteiger partial charge in [0.15, 0.2) is 0 Å². The highest BCUT2D eigenvalue weighted by Gasteiger charge is 2.72. The summed E-state index contributed by atoms with van der Waals surface area (Å²) in [5, 5.41) is 0. The van der Waals surface area contributed by atoms with Crippen molar-refractivity contribution in [3.63, 3.8) is 0 Å². The van der Waals surface area contributed by atoms with Crippen molar-refractivity contribution in [2.45, 2.75) is 18.8 Å². The van der Waals surface area contributed by atoms with Gasteiger partial charge in [-0.1, -0.05) is 0 Å². The van der Waals surface area contributed by atoms with Gasteiger partial charge in [-0.2, -0.15) is 0 Å². The van der Waals surface area contributed by atoms with E-state index in [1.807, 2.05) is 11.9 Å². The van der Waals surface area contributed by atoms with E-state index < -0.39 is 11.3 Å². The maximum absolute atomic E-state index is 12.6. The Hall–Kier alpha value is -0.180. The molecule has 1 heterocycles. The minimum Gasteiger partial charge on any atom is -0.306 e. The van der Waals surface area contributed by atoms with Crippen LogP contribution in [0.5, 0.6) is 0 Å². The Morgan fingerprint density at radius 3 is 2.20 bits per heavy atom. The van der Waals surface area contributed by atoms with Crippen LogP contribution >= 0.6 is 0 Å². The molecule has 1 aliphatic carbocycles. The normalized spacial score (nSPS) is 44.7. The molecule has 1 saturated carbocycles. The van der Waals surface area contributed by atoms with Gasteiger partial charge in [0.1, 0.15) is 0 Å². The van der Waals surface area contributed by atoms with Crippen molar-refractivity contribution in [2.24, 2.45) is 5.41 Å². The average Bonchev–Trinajstić information content (AvgIpc) is 2.20. The standard InChI is InChI=1S/C7H11F2N/c1-10-3-2-6(5-10)4-7(6,8)9/h2-5H2,1H3/t6-/m1/s1. The minimum absolute atomic E-state index is 0.129. The Labute approximate surface area is 59.0 Å². The Bertz CT molecular complexity index is 169. The first-order chi connectivity index (χ1) is 4.56. The quantitative estimate of drug-likeness (QED) is 0.500. The van der Waals surface area contributed by atoms with Crippen LogP contribution in [0.15, 0.2) is 0 Å². The van der Waals surface area contributed by atoms with E-state index in [4.69, 9.17) is 0 Å². The number of halogens is 2. The lowest BCUT2D eigenvalue weighted by molar-refractivity contribution is 0.0673. The number of alkyl halides is 2. The van der Waals surface area contributed by atoms with E-state index >= 15 is 0 Å². The van der Waals surface area contributed by atoms with Crippen molar-refractivity contribution in [3.05, 3.63) is 0 Å². The van der Waals surface area contributed by atoms with Crippen molar-refractivity contribution >= 4 is 0 Å². The summed E-state index contributed by atoms with van der Waals surface area (Å²) in [7, 11) is 1.91. The van der Waals surface area contributed by atoms with E-state index in [0.29, 0.717) is 13.0 Å². The Balaban J connectivity index is 2.09. The Kier molecular flexibility index (Phi) is 0.994. The molecule has 3 heteroatoms. The second-order valence-corrected chi connectivity index (χ2v) is 3.65. The molecule has 58 valence electrons. The lowest BCUT2D eigenvalue weighted by atomic mass is 10.1. The predicted octanol–water partition coefficient (Wildman–Crippen LogP) is 1.35. The topological polar surface area (TPSA) is 3.24 Å². The van der Waals surface area contributed by atoms with Gasteiger partial charge < -0.3 is 4.90 Å². The lowest BCUT2D eigenvalue weighted by Gasteiger charge is -2.07. The van der Waals surface area contributed by atoms with E-state index in [-0.39, 0.29) is 6.42 Å². The third-order valence-electron chi connectivity index (χ3n) is 2.76. The first-order valence-electron chi connectivity index (χ1n) is 3.62. The van der Waals surface area contributed by atoms with Crippen molar-refractivity contribution < 1.29 is 8.78 Å². The van der Waals surface area contributed by atoms with Gasteiger partial charge in [-0.3, -0.25) is 0 Å². The maximum Gasteiger partial charge on any atom is 0.255 e. The van der Waals surface area contributed by atoms with E-state index in [1.165, 1.54) is 0 Å². The fourth-order valence-corrected chi connectivity index (χ4v) is 1.90. The fourth-order valence-electron chi connectivity index (χ4n) is 1.90. The number of hydrogen-bond donors (Lipinski definition) is 0. The molecular weight excluding hydrogens is 136 g/mol. The highest BCUT2D eigenvalue weighted by molar-refractivity contribution is 5.13. The smallest absolute Gasteiger partial charge is 0.255 e. The summed E-state index contributed by atoms with van der Waals surface area (Å²) < 4.78 is 25.3. The van der Waals surface area contributed by atoms with Crippen LogP contribution in [0.4, 0.5) is 8.78 Å². The van der Waals surface area contributed by atoms with Gasteiger partial charge in [-0.25, -0.2) is 8.78 Å². The molecule has 0 aromatic heterocycles. The first kappa shape index (κ1) is 6.53. The zero-order valence-electron chi connectivity index (χ0n) is 6.03. The molecule has 0 aromatic carbocycles. The molecule has 0 unspecified atom stereocenters. The second-order valence-electron chi connectivity index (χ2n) is 3.65. The molecule has 0 radical (unpaired) electrons. The van der Waals surface area contributed by atoms with Crippen LogP contribution in [-0.2, 0) is 0 Å². The monoisotopic (exact) mass is 147 g/mol. The van der Waals surface area contributed by atoms with Crippen LogP contribution in [0.1, 0.15) is 12.8 Å². The number of hydrogen-bond acceptors (Lipinski definition) is 1. The highest BCUT2D eigenvalue weighted by Crippen LogP contribution is 2.64. The third-order valence-corrected chi connectivity index (χ3v) is 2.76. The van der Waals surface area contributed by atoms with Gasteiger partial charge in [0.25, 0.3) is 5.92 Å².